The summed E-state index contributed by atoms with van der Waals surface area (Å²) in [7, 11) is 1.80. The normalized spacial score (nSPS) is 28.7. The van der Waals surface area contributed by atoms with E-state index in [1.165, 1.54) is 58.3 Å². The maximum atomic E-state index is 5.19. The van der Waals surface area contributed by atoms with E-state index >= 15 is 0 Å². The van der Waals surface area contributed by atoms with Gasteiger partial charge in [0.2, 0.25) is 0 Å². The maximum Gasteiger partial charge on any atom is 0.0589 e. The predicted octanol–water partition coefficient (Wildman–Crippen LogP) is 1.58. The molecule has 0 radical (unpaired) electrons. The molecule has 0 aliphatic carbocycles. The molecule has 3 heteroatoms. The van der Waals surface area contributed by atoms with E-state index in [0.29, 0.717) is 0 Å². The minimum absolute atomic E-state index is 0.799. The molecule has 16 heavy (non-hydrogen) atoms. The van der Waals surface area contributed by atoms with Crippen LogP contribution in [0.25, 0.3) is 0 Å². The largest absolute Gasteiger partial charge is 0.383 e. The lowest BCUT2D eigenvalue weighted by Crippen LogP contribution is -2.43. The van der Waals surface area contributed by atoms with Crippen LogP contribution in [0.15, 0.2) is 0 Å². The molecule has 2 rings (SSSR count). The molecule has 0 N–H and O–H groups in total. The van der Waals surface area contributed by atoms with E-state index in [1.54, 1.807) is 7.11 Å². The number of methoxy groups -OCH3 is 1. The lowest BCUT2D eigenvalue weighted by Gasteiger charge is -2.32. The molecule has 0 spiro atoms. The number of piperidine rings is 1. The Kier molecular flexibility index (Phi) is 5.07. The van der Waals surface area contributed by atoms with E-state index in [2.05, 4.69) is 9.80 Å². The van der Waals surface area contributed by atoms with Crippen molar-refractivity contribution in [3.8, 4) is 0 Å². The van der Waals surface area contributed by atoms with Crippen molar-refractivity contribution in [3.05, 3.63) is 0 Å². The monoisotopic (exact) mass is 226 g/mol. The lowest BCUT2D eigenvalue weighted by atomic mass is 10.1. The molecule has 0 unspecified atom stereocenters. The summed E-state index contributed by atoms with van der Waals surface area (Å²) in [5, 5.41) is 0. The first-order chi connectivity index (χ1) is 7.90. The van der Waals surface area contributed by atoms with Gasteiger partial charge in [-0.05, 0) is 45.3 Å². The van der Waals surface area contributed by atoms with E-state index in [9.17, 15) is 0 Å². The fourth-order valence-corrected chi connectivity index (χ4v) is 3.04. The van der Waals surface area contributed by atoms with E-state index in [4.69, 9.17) is 4.74 Å². The van der Waals surface area contributed by atoms with Crippen molar-refractivity contribution in [2.75, 3.05) is 46.4 Å². The van der Waals surface area contributed by atoms with Crippen LogP contribution in [0, 0.1) is 0 Å². The minimum atomic E-state index is 0.799. The smallest absolute Gasteiger partial charge is 0.0589 e. The van der Waals surface area contributed by atoms with Gasteiger partial charge in [0.15, 0.2) is 0 Å². The van der Waals surface area contributed by atoms with E-state index in [-0.39, 0.29) is 0 Å². The summed E-state index contributed by atoms with van der Waals surface area (Å²) in [5.74, 6) is 0. The van der Waals surface area contributed by atoms with Gasteiger partial charge in [0.05, 0.1) is 6.61 Å². The van der Waals surface area contributed by atoms with Crippen molar-refractivity contribution in [2.45, 2.75) is 38.1 Å². The van der Waals surface area contributed by atoms with E-state index in [1.807, 2.05) is 0 Å². The molecular formula is C13H26N2O. The van der Waals surface area contributed by atoms with Crippen molar-refractivity contribution in [2.24, 2.45) is 0 Å². The van der Waals surface area contributed by atoms with Gasteiger partial charge in [0.1, 0.15) is 0 Å². The van der Waals surface area contributed by atoms with Crippen molar-refractivity contribution in [1.82, 2.24) is 9.80 Å². The van der Waals surface area contributed by atoms with Crippen LogP contribution in [0.2, 0.25) is 0 Å². The number of rotatable bonds is 5. The van der Waals surface area contributed by atoms with Gasteiger partial charge in [-0.2, -0.15) is 0 Å². The van der Waals surface area contributed by atoms with Gasteiger partial charge in [-0.25, -0.2) is 0 Å². The van der Waals surface area contributed by atoms with Crippen LogP contribution < -0.4 is 0 Å². The highest BCUT2D eigenvalue weighted by Crippen LogP contribution is 2.19. The Bertz CT molecular complexity index is 192. The molecule has 94 valence electrons. The third-order valence-electron chi connectivity index (χ3n) is 4.00. The Labute approximate surface area is 99.7 Å². The fourth-order valence-electron chi connectivity index (χ4n) is 3.04. The molecule has 1 atom stereocenters. The number of hydrogen-bond acceptors (Lipinski definition) is 3. The summed E-state index contributed by atoms with van der Waals surface area (Å²) in [6, 6.07) is 0.799. The molecule has 0 amide bonds. The quantitative estimate of drug-likeness (QED) is 0.708. The molecule has 0 aromatic rings. The first-order valence-corrected chi connectivity index (χ1v) is 6.85. The Hall–Kier alpha value is -0.120. The minimum Gasteiger partial charge on any atom is -0.383 e. The molecule has 2 saturated heterocycles. The average molecular weight is 226 g/mol. The summed E-state index contributed by atoms with van der Waals surface area (Å²) in [4.78, 5) is 5.29. The molecular weight excluding hydrogens is 200 g/mol. The highest BCUT2D eigenvalue weighted by atomic mass is 16.5. The molecule has 2 aliphatic heterocycles. The third-order valence-corrected chi connectivity index (χ3v) is 4.00. The molecule has 2 fully saturated rings. The van der Waals surface area contributed by atoms with Crippen molar-refractivity contribution < 1.29 is 4.74 Å². The summed E-state index contributed by atoms with van der Waals surface area (Å²) in [5.41, 5.74) is 0. The number of likely N-dealkylation sites (tertiary alicyclic amines) is 2. The lowest BCUT2D eigenvalue weighted by molar-refractivity contribution is 0.115. The van der Waals surface area contributed by atoms with Crippen molar-refractivity contribution in [3.63, 3.8) is 0 Å². The predicted molar refractivity (Wildman–Crippen MR) is 66.8 cm³/mol. The Morgan fingerprint density at radius 2 is 1.88 bits per heavy atom. The first-order valence-electron chi connectivity index (χ1n) is 6.85. The van der Waals surface area contributed by atoms with Crippen LogP contribution in [0.4, 0.5) is 0 Å². The van der Waals surface area contributed by atoms with Gasteiger partial charge in [-0.15, -0.1) is 0 Å². The summed E-state index contributed by atoms with van der Waals surface area (Å²) >= 11 is 0. The van der Waals surface area contributed by atoms with Gasteiger partial charge >= 0.3 is 0 Å². The Balaban J connectivity index is 1.73. The number of ether oxygens (including phenoxy) is 1. The zero-order chi connectivity index (χ0) is 11.2. The van der Waals surface area contributed by atoms with Gasteiger partial charge in [0, 0.05) is 26.2 Å². The second kappa shape index (κ2) is 6.58. The fraction of sp³-hybridized carbons (Fsp3) is 1.00. The Morgan fingerprint density at radius 1 is 1.06 bits per heavy atom. The summed E-state index contributed by atoms with van der Waals surface area (Å²) in [6.45, 7) is 7.24. The van der Waals surface area contributed by atoms with E-state index in [0.717, 1.165) is 19.2 Å². The molecule has 0 bridgehead atoms. The number of nitrogens with zero attached hydrogens (tertiary/aromatic N) is 2. The third kappa shape index (κ3) is 3.44. The zero-order valence-electron chi connectivity index (χ0n) is 10.7. The van der Waals surface area contributed by atoms with Crippen LogP contribution in [-0.4, -0.2) is 62.3 Å². The van der Waals surface area contributed by atoms with Crippen LogP contribution >= 0.6 is 0 Å². The summed E-state index contributed by atoms with van der Waals surface area (Å²) in [6.07, 6.45) is 7.02. The Morgan fingerprint density at radius 3 is 2.62 bits per heavy atom. The van der Waals surface area contributed by atoms with E-state index < -0.39 is 0 Å². The van der Waals surface area contributed by atoms with Crippen LogP contribution in [-0.2, 0) is 4.74 Å². The SMILES string of the molecule is COCCN1CCC[C@H]1CN1CCCCC1. The van der Waals surface area contributed by atoms with Crippen LogP contribution in [0.5, 0.6) is 0 Å². The molecule has 0 aromatic heterocycles. The zero-order valence-corrected chi connectivity index (χ0v) is 10.7. The standard InChI is InChI=1S/C13H26N2O/c1-16-11-10-15-9-5-6-13(15)12-14-7-3-2-4-8-14/h13H,2-12H2,1H3/t13-/m0/s1. The topological polar surface area (TPSA) is 15.7 Å². The molecule has 2 aliphatic rings. The first kappa shape index (κ1) is 12.3. The average Bonchev–Trinajstić information content (AvgIpc) is 2.75. The second-order valence-electron chi connectivity index (χ2n) is 5.19. The van der Waals surface area contributed by atoms with Crippen molar-refractivity contribution in [1.29, 1.82) is 0 Å². The van der Waals surface area contributed by atoms with Gasteiger partial charge in [-0.1, -0.05) is 6.42 Å². The maximum absolute atomic E-state index is 5.19. The van der Waals surface area contributed by atoms with Gasteiger partial charge in [-0.3, -0.25) is 4.90 Å². The van der Waals surface area contributed by atoms with Gasteiger partial charge in [0.25, 0.3) is 0 Å². The summed E-state index contributed by atoms with van der Waals surface area (Å²) < 4.78 is 5.19. The molecule has 3 nitrogen and oxygen atoms in total. The van der Waals surface area contributed by atoms with Gasteiger partial charge < -0.3 is 9.64 Å². The van der Waals surface area contributed by atoms with Crippen LogP contribution in [0.1, 0.15) is 32.1 Å². The molecule has 0 saturated carbocycles. The highest BCUT2D eigenvalue weighted by Gasteiger charge is 2.26. The number of hydrogen-bond donors (Lipinski definition) is 0. The molecule has 2 heterocycles. The van der Waals surface area contributed by atoms with Crippen molar-refractivity contribution >= 4 is 0 Å². The molecule has 0 aromatic carbocycles. The second-order valence-corrected chi connectivity index (χ2v) is 5.19. The van der Waals surface area contributed by atoms with Crippen LogP contribution in [0.3, 0.4) is 0 Å². The highest BCUT2D eigenvalue weighted by molar-refractivity contribution is 4.82.